The molecular formula is C35H40N6O7. The standard InChI is InChI=1S/C35H40N6O7/c1-40(2)47-19-18-45-31-30(42)28(48-34(31)41-22-39-29-32(36)37-21-38-33(29)41)20-46-35(23-8-6-5-7-9-23,24-10-14-26(43-3)15-11-24)25-12-16-27(44-4)17-13-25/h5-17,21-22,28,30-31,34,42H,18-20H2,1-4H3,(H2,36,37,38)/t28-,30-,31-,34-/m1/s1. The minimum Gasteiger partial charge on any atom is -0.497 e. The molecule has 252 valence electrons. The molecule has 5 aromatic rings. The van der Waals surface area contributed by atoms with Crippen molar-refractivity contribution in [3.05, 3.63) is 108 Å². The maximum Gasteiger partial charge on any atom is 0.167 e. The molecule has 3 aromatic carbocycles. The maximum atomic E-state index is 11.8. The van der Waals surface area contributed by atoms with Crippen molar-refractivity contribution in [3.8, 4) is 11.5 Å². The van der Waals surface area contributed by atoms with Crippen LogP contribution >= 0.6 is 0 Å². The van der Waals surface area contributed by atoms with Gasteiger partial charge < -0.3 is 34.5 Å². The number of fused-ring (bicyclic) bond motifs is 1. The number of benzene rings is 3. The summed E-state index contributed by atoms with van der Waals surface area (Å²) in [6.07, 6.45) is -0.601. The van der Waals surface area contributed by atoms with E-state index in [-0.39, 0.29) is 25.6 Å². The van der Waals surface area contributed by atoms with Crippen LogP contribution in [0.1, 0.15) is 22.9 Å². The van der Waals surface area contributed by atoms with Crippen LogP contribution in [0.25, 0.3) is 11.2 Å². The fraction of sp³-hybridized carbons (Fsp3) is 0.343. The molecule has 6 rings (SSSR count). The van der Waals surface area contributed by atoms with E-state index in [2.05, 4.69) is 15.0 Å². The Bertz CT molecular complexity index is 1720. The van der Waals surface area contributed by atoms with Crippen molar-refractivity contribution in [2.45, 2.75) is 30.1 Å². The molecule has 2 aromatic heterocycles. The van der Waals surface area contributed by atoms with Gasteiger partial charge in [0.2, 0.25) is 0 Å². The zero-order valence-electron chi connectivity index (χ0n) is 27.3. The Kier molecular flexibility index (Phi) is 10.2. The number of aromatic nitrogens is 4. The first kappa shape index (κ1) is 33.3. The molecule has 4 atom stereocenters. The molecule has 1 saturated heterocycles. The zero-order chi connectivity index (χ0) is 33.7. The number of aliphatic hydroxyl groups is 1. The van der Waals surface area contributed by atoms with Crippen LogP contribution in [0.4, 0.5) is 5.82 Å². The number of aliphatic hydroxyl groups excluding tert-OH is 1. The Labute approximate surface area is 278 Å². The summed E-state index contributed by atoms with van der Waals surface area (Å²) in [6, 6.07) is 25.4. The molecule has 0 saturated carbocycles. The van der Waals surface area contributed by atoms with Crippen molar-refractivity contribution < 1.29 is 33.6 Å². The zero-order valence-corrected chi connectivity index (χ0v) is 27.3. The van der Waals surface area contributed by atoms with E-state index in [0.717, 1.165) is 16.7 Å². The summed E-state index contributed by atoms with van der Waals surface area (Å²) < 4.78 is 32.5. The minimum absolute atomic E-state index is 0.0115. The number of hydrogen-bond donors (Lipinski definition) is 2. The Hall–Kier alpha value is -4.63. The van der Waals surface area contributed by atoms with Crippen LogP contribution in [0, 0.1) is 0 Å². The fourth-order valence-electron chi connectivity index (χ4n) is 6.00. The molecule has 1 fully saturated rings. The van der Waals surface area contributed by atoms with Gasteiger partial charge in [-0.15, -0.1) is 0 Å². The van der Waals surface area contributed by atoms with Crippen molar-refractivity contribution in [1.29, 1.82) is 0 Å². The van der Waals surface area contributed by atoms with Gasteiger partial charge in [0.1, 0.15) is 47.3 Å². The van der Waals surface area contributed by atoms with Gasteiger partial charge in [0.05, 0.1) is 40.4 Å². The van der Waals surface area contributed by atoms with E-state index >= 15 is 0 Å². The molecule has 0 aliphatic carbocycles. The van der Waals surface area contributed by atoms with E-state index < -0.39 is 30.1 Å². The van der Waals surface area contributed by atoms with Gasteiger partial charge in [-0.05, 0) is 41.0 Å². The quantitative estimate of drug-likeness (QED) is 0.102. The van der Waals surface area contributed by atoms with Crippen LogP contribution < -0.4 is 15.2 Å². The molecule has 3 heterocycles. The number of methoxy groups -OCH3 is 2. The van der Waals surface area contributed by atoms with Crippen LogP contribution in [0.15, 0.2) is 91.5 Å². The summed E-state index contributed by atoms with van der Waals surface area (Å²) in [5, 5.41) is 13.4. The molecule has 3 N–H and O–H groups in total. The Morgan fingerprint density at radius 1 is 0.854 bits per heavy atom. The second-order valence-corrected chi connectivity index (χ2v) is 11.4. The largest absolute Gasteiger partial charge is 0.497 e. The van der Waals surface area contributed by atoms with E-state index in [1.807, 2.05) is 78.9 Å². The number of hydrogen-bond acceptors (Lipinski definition) is 12. The second-order valence-electron chi connectivity index (χ2n) is 11.4. The van der Waals surface area contributed by atoms with Gasteiger partial charge in [0, 0.05) is 14.1 Å². The number of hydroxylamine groups is 2. The lowest BCUT2D eigenvalue weighted by molar-refractivity contribution is -0.150. The number of nitrogen functional groups attached to an aromatic ring is 1. The molecule has 0 radical (unpaired) electrons. The molecule has 0 amide bonds. The summed E-state index contributed by atoms with van der Waals surface area (Å²) in [7, 11) is 6.83. The van der Waals surface area contributed by atoms with Gasteiger partial charge in [0.25, 0.3) is 0 Å². The van der Waals surface area contributed by atoms with E-state index in [1.54, 1.807) is 44.3 Å². The van der Waals surface area contributed by atoms with Crippen LogP contribution in [0.5, 0.6) is 11.5 Å². The van der Waals surface area contributed by atoms with Gasteiger partial charge in [0.15, 0.2) is 17.7 Å². The van der Waals surface area contributed by atoms with Crippen molar-refractivity contribution >= 4 is 17.0 Å². The van der Waals surface area contributed by atoms with E-state index in [9.17, 15) is 5.11 Å². The third-order valence-electron chi connectivity index (χ3n) is 8.35. The first-order chi connectivity index (χ1) is 23.3. The van der Waals surface area contributed by atoms with E-state index in [1.165, 1.54) is 6.33 Å². The number of rotatable bonds is 14. The smallest absolute Gasteiger partial charge is 0.167 e. The number of nitrogens with zero attached hydrogens (tertiary/aromatic N) is 5. The van der Waals surface area contributed by atoms with Crippen LogP contribution in [-0.2, 0) is 24.6 Å². The van der Waals surface area contributed by atoms with Gasteiger partial charge >= 0.3 is 0 Å². The third-order valence-corrected chi connectivity index (χ3v) is 8.35. The van der Waals surface area contributed by atoms with Crippen molar-refractivity contribution in [2.24, 2.45) is 0 Å². The lowest BCUT2D eigenvalue weighted by atomic mass is 9.80. The number of anilines is 1. The highest BCUT2D eigenvalue weighted by molar-refractivity contribution is 5.81. The van der Waals surface area contributed by atoms with Gasteiger partial charge in [-0.25, -0.2) is 15.0 Å². The Morgan fingerprint density at radius 2 is 1.48 bits per heavy atom. The molecule has 0 unspecified atom stereocenters. The predicted octanol–water partition coefficient (Wildman–Crippen LogP) is 3.57. The summed E-state index contributed by atoms with van der Waals surface area (Å²) in [5.74, 6) is 1.66. The van der Waals surface area contributed by atoms with E-state index in [0.29, 0.717) is 22.7 Å². The molecule has 48 heavy (non-hydrogen) atoms. The minimum atomic E-state index is -1.11. The van der Waals surface area contributed by atoms with E-state index in [4.69, 9.17) is 34.3 Å². The van der Waals surface area contributed by atoms with Crippen molar-refractivity contribution in [1.82, 2.24) is 24.6 Å². The average Bonchev–Trinajstić information content (AvgIpc) is 3.69. The molecule has 0 bridgehead atoms. The highest BCUT2D eigenvalue weighted by Gasteiger charge is 2.48. The average molecular weight is 657 g/mol. The SMILES string of the molecule is COc1ccc(C(OC[C@H]2O[C@@H](n3cnc4c(N)ncnc43)[C@H](OCCON(C)C)[C@@H]2O)(c2ccccc2)c2ccc(OC)cc2)cc1. The molecule has 13 heteroatoms. The highest BCUT2D eigenvalue weighted by Crippen LogP contribution is 2.43. The predicted molar refractivity (Wildman–Crippen MR) is 177 cm³/mol. The highest BCUT2D eigenvalue weighted by atomic mass is 16.7. The monoisotopic (exact) mass is 656 g/mol. The summed E-state index contributed by atoms with van der Waals surface area (Å²) in [4.78, 5) is 18.4. The topological polar surface area (TPSA) is 148 Å². The van der Waals surface area contributed by atoms with Crippen LogP contribution in [0.3, 0.4) is 0 Å². The first-order valence-electron chi connectivity index (χ1n) is 15.5. The third kappa shape index (κ3) is 6.56. The summed E-state index contributed by atoms with van der Waals surface area (Å²) in [5.41, 5.74) is 8.43. The lowest BCUT2D eigenvalue weighted by Crippen LogP contribution is -2.40. The molecule has 0 spiro atoms. The Balaban J connectivity index is 1.38. The first-order valence-corrected chi connectivity index (χ1v) is 15.5. The van der Waals surface area contributed by atoms with Crippen molar-refractivity contribution in [2.75, 3.05) is 53.9 Å². The summed E-state index contributed by atoms with van der Waals surface area (Å²) >= 11 is 0. The normalized spacial score (nSPS) is 19.6. The lowest BCUT2D eigenvalue weighted by Gasteiger charge is -2.37. The molecule has 13 nitrogen and oxygen atoms in total. The fourth-order valence-corrected chi connectivity index (χ4v) is 6.00. The second kappa shape index (κ2) is 14.6. The van der Waals surface area contributed by atoms with Crippen LogP contribution in [-0.4, -0.2) is 96.1 Å². The maximum absolute atomic E-state index is 11.8. The van der Waals surface area contributed by atoms with Crippen LogP contribution in [0.2, 0.25) is 0 Å². The number of nitrogens with two attached hydrogens (primary N) is 1. The molecule has 1 aliphatic rings. The number of ether oxygens (including phenoxy) is 5. The van der Waals surface area contributed by atoms with Gasteiger partial charge in [-0.1, -0.05) is 54.6 Å². The van der Waals surface area contributed by atoms with Gasteiger partial charge in [-0.3, -0.25) is 9.40 Å². The summed E-state index contributed by atoms with van der Waals surface area (Å²) in [6.45, 7) is 0.459. The Morgan fingerprint density at radius 3 is 2.08 bits per heavy atom. The van der Waals surface area contributed by atoms with Gasteiger partial charge in [-0.2, -0.15) is 5.06 Å². The molecular weight excluding hydrogens is 616 g/mol. The molecule has 1 aliphatic heterocycles. The van der Waals surface area contributed by atoms with Crippen molar-refractivity contribution in [3.63, 3.8) is 0 Å². The number of imidazole rings is 1.